The van der Waals surface area contributed by atoms with Gasteiger partial charge in [-0.05, 0) is 24.3 Å². The van der Waals surface area contributed by atoms with Crippen molar-refractivity contribution in [3.63, 3.8) is 0 Å². The summed E-state index contributed by atoms with van der Waals surface area (Å²) in [7, 11) is 1.31. The normalized spacial score (nSPS) is 6.90. The molecule has 1 N–H and O–H groups in total. The zero-order valence-corrected chi connectivity index (χ0v) is 12.2. The predicted octanol–water partition coefficient (Wildman–Crippen LogP) is 2.51. The van der Waals surface area contributed by atoms with Crippen molar-refractivity contribution in [1.82, 2.24) is 0 Å². The van der Waals surface area contributed by atoms with E-state index in [0.29, 0.717) is 5.56 Å². The molecule has 0 saturated carbocycles. The van der Waals surface area contributed by atoms with E-state index in [1.165, 1.54) is 31.4 Å². The molecule has 0 saturated heterocycles. The minimum Gasteiger partial charge on any atom is -0.214 e. The molecule has 0 bridgehead atoms. The maximum absolute atomic E-state index is 10.8. The molecular formula is C15H13FeO5-. The molecule has 0 radical (unpaired) electrons. The summed E-state index contributed by atoms with van der Waals surface area (Å²) in [4.78, 5) is 10.8. The van der Waals surface area contributed by atoms with Gasteiger partial charge < -0.3 is 9.84 Å². The third-order valence-electron chi connectivity index (χ3n) is 1.84. The van der Waals surface area contributed by atoms with Gasteiger partial charge in [-0.25, -0.2) is 16.9 Å². The molecule has 0 atom stereocenters. The molecule has 0 aliphatic heterocycles. The molecule has 5 nitrogen and oxygen atoms in total. The number of methoxy groups -OCH3 is 1. The van der Waals surface area contributed by atoms with E-state index >= 15 is 0 Å². The van der Waals surface area contributed by atoms with Gasteiger partial charge in [0.2, 0.25) is 0 Å². The Balaban J connectivity index is -0.000000273. The van der Waals surface area contributed by atoms with Crippen molar-refractivity contribution >= 4 is 5.97 Å². The van der Waals surface area contributed by atoms with E-state index in [0.717, 1.165) is 0 Å². The average Bonchev–Trinajstić information content (AvgIpc) is 3.11. The number of ether oxygens (including phenoxy) is 1. The van der Waals surface area contributed by atoms with E-state index in [-0.39, 0.29) is 22.8 Å². The SMILES string of the molecule is COC(=O)c1ccc(O)cc1.[C-]#[O+].[C-]#[O+].[Fe].c1cc[cH-]c1. The van der Waals surface area contributed by atoms with Gasteiger partial charge in [0.1, 0.15) is 5.75 Å². The van der Waals surface area contributed by atoms with Crippen LogP contribution >= 0.6 is 0 Å². The number of carbonyl (C=O) groups excluding carboxylic acids is 1. The van der Waals surface area contributed by atoms with E-state index in [9.17, 15) is 4.79 Å². The van der Waals surface area contributed by atoms with Crippen LogP contribution in [0.5, 0.6) is 5.75 Å². The number of hydrogen-bond acceptors (Lipinski definition) is 3. The maximum atomic E-state index is 10.8. The summed E-state index contributed by atoms with van der Waals surface area (Å²) in [5.41, 5.74) is 0.435. The second kappa shape index (κ2) is 17.8. The zero-order chi connectivity index (χ0) is 15.8. The number of benzene rings is 1. The van der Waals surface area contributed by atoms with Crippen LogP contribution in [0.25, 0.3) is 0 Å². The second-order valence-corrected chi connectivity index (χ2v) is 3.00. The Labute approximate surface area is 133 Å². The van der Waals surface area contributed by atoms with Crippen molar-refractivity contribution in [3.8, 4) is 5.75 Å². The topological polar surface area (TPSA) is 86.3 Å². The van der Waals surface area contributed by atoms with Crippen LogP contribution < -0.4 is 0 Å². The molecule has 21 heavy (non-hydrogen) atoms. The smallest absolute Gasteiger partial charge is 0 e. The fourth-order valence-corrected chi connectivity index (χ4v) is 1.04. The van der Waals surface area contributed by atoms with Gasteiger partial charge in [-0.3, -0.25) is 0 Å². The summed E-state index contributed by atoms with van der Waals surface area (Å²) in [5, 5.41) is 8.86. The van der Waals surface area contributed by atoms with Gasteiger partial charge in [-0.2, -0.15) is 18.2 Å². The second-order valence-electron chi connectivity index (χ2n) is 3.00. The molecule has 6 heteroatoms. The monoisotopic (exact) mass is 329 g/mol. The molecule has 112 valence electrons. The first-order chi connectivity index (χ1) is 9.74. The third kappa shape index (κ3) is 12.6. The fourth-order valence-electron chi connectivity index (χ4n) is 1.04. The zero-order valence-electron chi connectivity index (χ0n) is 11.1. The van der Waals surface area contributed by atoms with Crippen LogP contribution in [-0.4, -0.2) is 18.2 Å². The molecule has 0 unspecified atom stereocenters. The summed E-state index contributed by atoms with van der Waals surface area (Å²) < 4.78 is 19.5. The Morgan fingerprint density at radius 3 is 1.81 bits per heavy atom. The van der Waals surface area contributed by atoms with Gasteiger partial charge in [0.05, 0.1) is 12.7 Å². The minimum absolute atomic E-state index is 0. The number of aromatic hydroxyl groups is 1. The van der Waals surface area contributed by atoms with Crippen LogP contribution in [0.2, 0.25) is 0 Å². The quantitative estimate of drug-likeness (QED) is 0.377. The Bertz CT molecular complexity index is 463. The van der Waals surface area contributed by atoms with Crippen molar-refractivity contribution in [2.45, 2.75) is 0 Å². The first kappa shape index (κ1) is 23.9. The summed E-state index contributed by atoms with van der Waals surface area (Å²) >= 11 is 0. The van der Waals surface area contributed by atoms with Gasteiger partial charge >= 0.3 is 28.6 Å². The van der Waals surface area contributed by atoms with Gasteiger partial charge in [-0.1, -0.05) is 0 Å². The van der Waals surface area contributed by atoms with Crippen LogP contribution in [0.15, 0.2) is 54.6 Å². The van der Waals surface area contributed by atoms with Gasteiger partial charge in [0.25, 0.3) is 0 Å². The van der Waals surface area contributed by atoms with E-state index in [4.69, 9.17) is 14.4 Å². The summed E-state index contributed by atoms with van der Waals surface area (Å²) in [5.74, 6) is -0.261. The Hall–Kier alpha value is -2.16. The van der Waals surface area contributed by atoms with E-state index < -0.39 is 5.97 Å². The van der Waals surface area contributed by atoms with Crippen molar-refractivity contribution in [3.05, 3.63) is 73.5 Å². The van der Waals surface area contributed by atoms with Crippen LogP contribution in [0.1, 0.15) is 10.4 Å². The predicted molar refractivity (Wildman–Crippen MR) is 69.3 cm³/mol. The molecule has 2 rings (SSSR count). The summed E-state index contributed by atoms with van der Waals surface area (Å²) in [6, 6.07) is 15.9. The fraction of sp³-hybridized carbons (Fsp3) is 0.0667. The Kier molecular flexibility index (Phi) is 20.3. The third-order valence-corrected chi connectivity index (χ3v) is 1.84. The largest absolute Gasteiger partial charge is 0.214 e. The number of hydrogen-bond donors (Lipinski definition) is 1. The van der Waals surface area contributed by atoms with Crippen molar-refractivity contribution in [2.75, 3.05) is 7.11 Å². The van der Waals surface area contributed by atoms with Gasteiger partial charge in [0.15, 0.2) is 0 Å². The number of rotatable bonds is 1. The molecule has 0 aliphatic rings. The average molecular weight is 329 g/mol. The molecule has 0 aromatic heterocycles. The molecule has 0 heterocycles. The van der Waals surface area contributed by atoms with E-state index in [1.54, 1.807) is 0 Å². The maximum Gasteiger partial charge on any atom is 0 e. The molecule has 0 aliphatic carbocycles. The van der Waals surface area contributed by atoms with E-state index in [2.05, 4.69) is 18.0 Å². The first-order valence-corrected chi connectivity index (χ1v) is 5.19. The summed E-state index contributed by atoms with van der Waals surface area (Å²) in [6.07, 6.45) is 0. The van der Waals surface area contributed by atoms with Gasteiger partial charge in [0, 0.05) is 17.1 Å². The van der Waals surface area contributed by atoms with E-state index in [1.807, 2.05) is 30.3 Å². The van der Waals surface area contributed by atoms with Crippen LogP contribution in [-0.2, 0) is 31.1 Å². The Morgan fingerprint density at radius 2 is 1.52 bits per heavy atom. The number of carbonyl (C=O) groups is 1. The molecule has 2 aromatic rings. The van der Waals surface area contributed by atoms with Crippen LogP contribution in [0, 0.1) is 13.3 Å². The number of phenols is 1. The Morgan fingerprint density at radius 1 is 1.10 bits per heavy atom. The number of phenolic OH excluding ortho intramolecular Hbond substituents is 1. The van der Waals surface area contributed by atoms with Gasteiger partial charge in [-0.15, -0.1) is 0 Å². The van der Waals surface area contributed by atoms with Crippen molar-refractivity contribution in [1.29, 1.82) is 0 Å². The number of esters is 1. The van der Waals surface area contributed by atoms with Crippen LogP contribution in [0.3, 0.4) is 0 Å². The molecule has 2 aromatic carbocycles. The molecule has 0 fully saturated rings. The first-order valence-electron chi connectivity index (χ1n) is 5.19. The molecule has 0 spiro atoms. The van der Waals surface area contributed by atoms with Crippen molar-refractivity contribution in [2.24, 2.45) is 0 Å². The molecule has 0 amide bonds. The molecular weight excluding hydrogens is 316 g/mol. The minimum atomic E-state index is -0.398. The summed E-state index contributed by atoms with van der Waals surface area (Å²) in [6.45, 7) is 9.00. The van der Waals surface area contributed by atoms with Crippen molar-refractivity contribution < 1.29 is 41.0 Å². The standard InChI is InChI=1S/C8H8O3.C5H5.2CO.Fe/c1-11-8(10)6-2-4-7(9)5-3-6;1-2-4-5-3-1;2*1-2;/h2-5,9H,1H3;1-5H;;;/q;-1;;;. The van der Waals surface area contributed by atoms with Crippen LogP contribution in [0.4, 0.5) is 0 Å².